The summed E-state index contributed by atoms with van der Waals surface area (Å²) in [5.41, 5.74) is 0. The Labute approximate surface area is 113 Å². The number of nitrogens with one attached hydrogen (secondary N) is 1. The van der Waals surface area contributed by atoms with Gasteiger partial charge in [-0.25, -0.2) is 21.6 Å². The molecule has 1 aliphatic rings. The predicted molar refractivity (Wildman–Crippen MR) is 70.0 cm³/mol. The van der Waals surface area contributed by atoms with Gasteiger partial charge in [-0.15, -0.1) is 0 Å². The van der Waals surface area contributed by atoms with Crippen LogP contribution in [-0.2, 0) is 24.7 Å². The van der Waals surface area contributed by atoms with Crippen LogP contribution in [0.2, 0.25) is 0 Å². The number of carbonyl (C=O) groups is 1. The molecule has 0 aromatic carbocycles. The van der Waals surface area contributed by atoms with E-state index in [-0.39, 0.29) is 30.3 Å². The average molecular weight is 313 g/mol. The SMILES string of the molecule is CC(C)C(CC(=O)O)NS(=O)(=O)C1CCS(=O)(=O)C1. The number of sulfone groups is 1. The molecule has 0 saturated carbocycles. The Hall–Kier alpha value is -0.670. The van der Waals surface area contributed by atoms with Gasteiger partial charge >= 0.3 is 5.97 Å². The molecule has 1 rings (SSSR count). The number of hydrogen-bond acceptors (Lipinski definition) is 5. The number of aliphatic carboxylic acids is 1. The Balaban J connectivity index is 2.80. The lowest BCUT2D eigenvalue weighted by molar-refractivity contribution is -0.137. The van der Waals surface area contributed by atoms with Crippen LogP contribution in [0, 0.1) is 5.92 Å². The first-order valence-corrected chi connectivity index (χ1v) is 9.33. The maximum atomic E-state index is 12.0. The van der Waals surface area contributed by atoms with Crippen molar-refractivity contribution in [2.24, 2.45) is 5.92 Å². The third-order valence-electron chi connectivity index (χ3n) is 3.14. The Kier molecular flexibility index (Phi) is 4.97. The van der Waals surface area contributed by atoms with Crippen LogP contribution < -0.4 is 4.72 Å². The van der Waals surface area contributed by atoms with Crippen molar-refractivity contribution >= 4 is 25.8 Å². The molecule has 19 heavy (non-hydrogen) atoms. The van der Waals surface area contributed by atoms with Gasteiger partial charge in [0.2, 0.25) is 10.0 Å². The summed E-state index contributed by atoms with van der Waals surface area (Å²) < 4.78 is 49.0. The van der Waals surface area contributed by atoms with Gasteiger partial charge in [0.05, 0.1) is 23.2 Å². The van der Waals surface area contributed by atoms with Gasteiger partial charge in [-0.3, -0.25) is 4.79 Å². The van der Waals surface area contributed by atoms with E-state index in [4.69, 9.17) is 5.11 Å². The first-order chi connectivity index (χ1) is 8.53. The Morgan fingerprint density at radius 2 is 2.00 bits per heavy atom. The highest BCUT2D eigenvalue weighted by molar-refractivity contribution is 7.95. The van der Waals surface area contributed by atoms with Gasteiger partial charge in [-0.2, -0.15) is 0 Å². The second kappa shape index (κ2) is 5.76. The molecule has 0 spiro atoms. The molecule has 1 fully saturated rings. The van der Waals surface area contributed by atoms with Gasteiger partial charge in [0.25, 0.3) is 0 Å². The maximum absolute atomic E-state index is 12.0. The molecular weight excluding hydrogens is 294 g/mol. The van der Waals surface area contributed by atoms with Crippen LogP contribution in [0.1, 0.15) is 26.7 Å². The van der Waals surface area contributed by atoms with E-state index in [0.717, 1.165) is 0 Å². The highest BCUT2D eigenvalue weighted by Crippen LogP contribution is 2.20. The number of carboxylic acid groups (broad SMARTS) is 1. The topological polar surface area (TPSA) is 118 Å². The maximum Gasteiger partial charge on any atom is 0.304 e. The van der Waals surface area contributed by atoms with Crippen LogP contribution in [0.4, 0.5) is 0 Å². The summed E-state index contributed by atoms with van der Waals surface area (Å²) in [5, 5.41) is 7.77. The van der Waals surface area contributed by atoms with Crippen molar-refractivity contribution in [1.29, 1.82) is 0 Å². The molecule has 7 nitrogen and oxygen atoms in total. The lowest BCUT2D eigenvalue weighted by atomic mass is 10.0. The van der Waals surface area contributed by atoms with E-state index in [1.807, 2.05) is 0 Å². The summed E-state index contributed by atoms with van der Waals surface area (Å²) in [4.78, 5) is 10.7. The zero-order valence-corrected chi connectivity index (χ0v) is 12.5. The molecule has 1 saturated heterocycles. The highest BCUT2D eigenvalue weighted by Gasteiger charge is 2.38. The van der Waals surface area contributed by atoms with Crippen molar-refractivity contribution in [2.75, 3.05) is 11.5 Å². The van der Waals surface area contributed by atoms with Crippen LogP contribution in [0.5, 0.6) is 0 Å². The molecule has 0 aromatic heterocycles. The molecular formula is C10H19NO6S2. The first-order valence-electron chi connectivity index (χ1n) is 5.97. The number of carboxylic acids is 1. The summed E-state index contributed by atoms with van der Waals surface area (Å²) in [6, 6.07) is -0.731. The monoisotopic (exact) mass is 313 g/mol. The smallest absolute Gasteiger partial charge is 0.304 e. The Morgan fingerprint density at radius 3 is 2.37 bits per heavy atom. The van der Waals surface area contributed by atoms with Crippen LogP contribution in [0.25, 0.3) is 0 Å². The molecule has 2 unspecified atom stereocenters. The number of sulfonamides is 1. The van der Waals surface area contributed by atoms with Crippen LogP contribution in [-0.4, -0.2) is 50.7 Å². The summed E-state index contributed by atoms with van der Waals surface area (Å²) in [6.45, 7) is 3.42. The van der Waals surface area contributed by atoms with Crippen molar-refractivity contribution in [3.63, 3.8) is 0 Å². The second-order valence-corrected chi connectivity index (χ2v) is 9.36. The molecule has 1 heterocycles. The Morgan fingerprint density at radius 1 is 1.42 bits per heavy atom. The van der Waals surface area contributed by atoms with E-state index in [9.17, 15) is 21.6 Å². The van der Waals surface area contributed by atoms with Crippen LogP contribution >= 0.6 is 0 Å². The minimum absolute atomic E-state index is 0.0650. The fourth-order valence-corrected chi connectivity index (χ4v) is 6.34. The highest BCUT2D eigenvalue weighted by atomic mass is 32.2. The van der Waals surface area contributed by atoms with Crippen LogP contribution in [0.3, 0.4) is 0 Å². The van der Waals surface area contributed by atoms with Gasteiger partial charge in [0.1, 0.15) is 0 Å². The molecule has 0 amide bonds. The van der Waals surface area contributed by atoms with E-state index in [2.05, 4.69) is 4.72 Å². The van der Waals surface area contributed by atoms with Gasteiger partial charge in [-0.05, 0) is 12.3 Å². The lowest BCUT2D eigenvalue weighted by Crippen LogP contribution is -2.44. The van der Waals surface area contributed by atoms with Crippen molar-refractivity contribution in [3.8, 4) is 0 Å². The number of hydrogen-bond donors (Lipinski definition) is 2. The normalized spacial score (nSPS) is 24.5. The standard InChI is InChI=1S/C10H19NO6S2/c1-7(2)9(5-10(12)13)11-19(16,17)8-3-4-18(14,15)6-8/h7-9,11H,3-6H2,1-2H3,(H,12,13). The van der Waals surface area contributed by atoms with Gasteiger partial charge < -0.3 is 5.11 Å². The summed E-state index contributed by atoms with van der Waals surface area (Å²) in [6.07, 6.45) is -0.258. The first kappa shape index (κ1) is 16.4. The van der Waals surface area contributed by atoms with Gasteiger partial charge in [0, 0.05) is 6.04 Å². The van der Waals surface area contributed by atoms with Crippen molar-refractivity contribution in [1.82, 2.24) is 4.72 Å². The van der Waals surface area contributed by atoms with Crippen molar-refractivity contribution in [3.05, 3.63) is 0 Å². The minimum Gasteiger partial charge on any atom is -0.481 e. The number of rotatable bonds is 6. The molecule has 0 aliphatic carbocycles. The van der Waals surface area contributed by atoms with E-state index in [1.165, 1.54) is 0 Å². The fourth-order valence-electron chi connectivity index (χ4n) is 1.91. The molecule has 0 radical (unpaired) electrons. The zero-order chi connectivity index (χ0) is 14.8. The van der Waals surface area contributed by atoms with Gasteiger partial charge in [-0.1, -0.05) is 13.8 Å². The quantitative estimate of drug-likeness (QED) is 0.688. The molecule has 2 N–H and O–H groups in total. The molecule has 0 aromatic rings. The van der Waals surface area contributed by atoms with E-state index >= 15 is 0 Å². The van der Waals surface area contributed by atoms with E-state index < -0.39 is 37.1 Å². The fraction of sp³-hybridized carbons (Fsp3) is 0.900. The molecule has 9 heteroatoms. The lowest BCUT2D eigenvalue weighted by Gasteiger charge is -2.22. The van der Waals surface area contributed by atoms with Crippen LogP contribution in [0.15, 0.2) is 0 Å². The molecule has 0 bridgehead atoms. The summed E-state index contributed by atoms with van der Waals surface area (Å²) in [7, 11) is -7.11. The Bertz CT molecular complexity index is 536. The summed E-state index contributed by atoms with van der Waals surface area (Å²) in [5.74, 6) is -1.81. The van der Waals surface area contributed by atoms with E-state index in [0.29, 0.717) is 0 Å². The summed E-state index contributed by atoms with van der Waals surface area (Å²) >= 11 is 0. The molecule has 112 valence electrons. The van der Waals surface area contributed by atoms with E-state index in [1.54, 1.807) is 13.8 Å². The predicted octanol–water partition coefficient (Wildman–Crippen LogP) is -0.408. The average Bonchev–Trinajstić information content (AvgIpc) is 2.57. The zero-order valence-electron chi connectivity index (χ0n) is 10.9. The van der Waals surface area contributed by atoms with Crippen molar-refractivity contribution in [2.45, 2.75) is 38.0 Å². The third-order valence-corrected chi connectivity index (χ3v) is 7.03. The van der Waals surface area contributed by atoms with Crippen molar-refractivity contribution < 1.29 is 26.7 Å². The third kappa shape index (κ3) is 4.73. The van der Waals surface area contributed by atoms with Gasteiger partial charge in [0.15, 0.2) is 9.84 Å². The molecule has 2 atom stereocenters. The minimum atomic E-state index is -3.81. The second-order valence-electron chi connectivity index (χ2n) is 5.14. The molecule has 1 aliphatic heterocycles. The largest absolute Gasteiger partial charge is 0.481 e.